The van der Waals surface area contributed by atoms with E-state index in [4.69, 9.17) is 0 Å². The summed E-state index contributed by atoms with van der Waals surface area (Å²) in [5.41, 5.74) is 2.11. The first kappa shape index (κ1) is 8.83. The molecule has 0 fully saturated rings. The zero-order chi connectivity index (χ0) is 8.48. The van der Waals surface area contributed by atoms with Crippen LogP contribution in [0.2, 0.25) is 0 Å². The van der Waals surface area contributed by atoms with Gasteiger partial charge in [-0.2, -0.15) is 0 Å². The summed E-state index contributed by atoms with van der Waals surface area (Å²) in [5.74, 6) is 0.873. The second-order valence-electron chi connectivity index (χ2n) is 4.14. The maximum Gasteiger partial charge on any atom is -0.00960 e. The zero-order valence-electron chi connectivity index (χ0n) is 8.28. The van der Waals surface area contributed by atoms with Crippen LogP contribution in [0.1, 0.15) is 47.0 Å². The van der Waals surface area contributed by atoms with Crippen molar-refractivity contribution in [2.75, 3.05) is 0 Å². The number of rotatable bonds is 1. The molecule has 0 aromatic rings. The van der Waals surface area contributed by atoms with Crippen molar-refractivity contribution < 1.29 is 0 Å². The highest BCUT2D eigenvalue weighted by molar-refractivity contribution is 5.15. The largest absolute Gasteiger partial charge is 0.0850 e. The van der Waals surface area contributed by atoms with Crippen molar-refractivity contribution in [3.8, 4) is 0 Å². The van der Waals surface area contributed by atoms with Crippen molar-refractivity contribution in [1.29, 1.82) is 0 Å². The van der Waals surface area contributed by atoms with E-state index < -0.39 is 0 Å². The Morgan fingerprint density at radius 1 is 1.64 bits per heavy atom. The molecule has 0 bridgehead atoms. The third-order valence-corrected chi connectivity index (χ3v) is 3.77. The van der Waals surface area contributed by atoms with Gasteiger partial charge in [-0.15, -0.1) is 0 Å². The Morgan fingerprint density at radius 3 is 2.64 bits per heavy atom. The Balaban J connectivity index is 2.87. The molecule has 0 aromatic heterocycles. The van der Waals surface area contributed by atoms with Gasteiger partial charge in [0.25, 0.3) is 0 Å². The molecule has 0 nitrogen and oxygen atoms in total. The first-order valence-electron chi connectivity index (χ1n) is 4.78. The average molecular weight is 152 g/mol. The van der Waals surface area contributed by atoms with Gasteiger partial charge in [0.1, 0.15) is 0 Å². The molecule has 0 heterocycles. The predicted octanol–water partition coefficient (Wildman–Crippen LogP) is 3.78. The van der Waals surface area contributed by atoms with Crippen LogP contribution in [-0.4, -0.2) is 0 Å². The Kier molecular flexibility index (Phi) is 2.41. The molecule has 2 atom stereocenters. The standard InChI is InChI=1S/C11H20/c1-5-11(4)9(2)7-6-8-10(11)3/h7,10H,5-6,8H2,1-4H3. The summed E-state index contributed by atoms with van der Waals surface area (Å²) < 4.78 is 0. The molecule has 0 saturated carbocycles. The first-order valence-corrected chi connectivity index (χ1v) is 4.78. The van der Waals surface area contributed by atoms with Gasteiger partial charge in [-0.1, -0.05) is 32.4 Å². The molecule has 0 radical (unpaired) electrons. The zero-order valence-corrected chi connectivity index (χ0v) is 8.28. The van der Waals surface area contributed by atoms with E-state index >= 15 is 0 Å². The van der Waals surface area contributed by atoms with E-state index in [0.717, 1.165) is 5.92 Å². The molecule has 0 aromatic carbocycles. The SMILES string of the molecule is CCC1(C)C(C)=CCCC1C. The fraction of sp³-hybridized carbons (Fsp3) is 0.818. The van der Waals surface area contributed by atoms with Crippen LogP contribution in [0.15, 0.2) is 11.6 Å². The van der Waals surface area contributed by atoms with Crippen molar-refractivity contribution in [2.45, 2.75) is 47.0 Å². The molecule has 1 aliphatic carbocycles. The van der Waals surface area contributed by atoms with E-state index in [1.54, 1.807) is 5.57 Å². The Hall–Kier alpha value is -0.260. The maximum atomic E-state index is 2.42. The van der Waals surface area contributed by atoms with Crippen LogP contribution in [0.3, 0.4) is 0 Å². The van der Waals surface area contributed by atoms with Gasteiger partial charge in [0.2, 0.25) is 0 Å². The normalized spacial score (nSPS) is 38.5. The van der Waals surface area contributed by atoms with Crippen LogP contribution in [0.25, 0.3) is 0 Å². The smallest absolute Gasteiger partial charge is 0.00960 e. The van der Waals surface area contributed by atoms with E-state index in [0.29, 0.717) is 5.41 Å². The van der Waals surface area contributed by atoms with Gasteiger partial charge < -0.3 is 0 Å². The molecule has 0 amide bonds. The number of hydrogen-bond acceptors (Lipinski definition) is 0. The van der Waals surface area contributed by atoms with Crippen molar-refractivity contribution in [1.82, 2.24) is 0 Å². The van der Waals surface area contributed by atoms with E-state index in [9.17, 15) is 0 Å². The maximum absolute atomic E-state index is 2.42. The summed E-state index contributed by atoms with van der Waals surface area (Å²) in [6.07, 6.45) is 6.38. The summed E-state index contributed by atoms with van der Waals surface area (Å²) in [4.78, 5) is 0. The first-order chi connectivity index (χ1) is 5.11. The Bertz CT molecular complexity index is 167. The second kappa shape index (κ2) is 3.00. The second-order valence-corrected chi connectivity index (χ2v) is 4.14. The molecule has 0 aliphatic heterocycles. The summed E-state index contributed by atoms with van der Waals surface area (Å²) in [6.45, 7) is 9.39. The highest BCUT2D eigenvalue weighted by atomic mass is 14.4. The summed E-state index contributed by atoms with van der Waals surface area (Å²) >= 11 is 0. The number of allylic oxidation sites excluding steroid dienone is 2. The van der Waals surface area contributed by atoms with Crippen LogP contribution in [0, 0.1) is 11.3 Å². The third kappa shape index (κ3) is 1.36. The fourth-order valence-corrected chi connectivity index (χ4v) is 2.12. The molecular formula is C11H20. The van der Waals surface area contributed by atoms with Crippen LogP contribution in [0.5, 0.6) is 0 Å². The number of hydrogen-bond donors (Lipinski definition) is 0. The van der Waals surface area contributed by atoms with E-state index in [1.807, 2.05) is 0 Å². The summed E-state index contributed by atoms with van der Waals surface area (Å²) in [7, 11) is 0. The lowest BCUT2D eigenvalue weighted by atomic mass is 9.66. The van der Waals surface area contributed by atoms with E-state index in [1.165, 1.54) is 19.3 Å². The predicted molar refractivity (Wildman–Crippen MR) is 50.6 cm³/mol. The summed E-state index contributed by atoms with van der Waals surface area (Å²) in [6, 6.07) is 0. The third-order valence-electron chi connectivity index (χ3n) is 3.77. The van der Waals surface area contributed by atoms with Gasteiger partial charge in [-0.25, -0.2) is 0 Å². The lowest BCUT2D eigenvalue weighted by molar-refractivity contribution is 0.220. The van der Waals surface area contributed by atoms with Crippen molar-refractivity contribution >= 4 is 0 Å². The monoisotopic (exact) mass is 152 g/mol. The molecule has 0 heteroatoms. The lowest BCUT2D eigenvalue weighted by Gasteiger charge is -2.39. The van der Waals surface area contributed by atoms with Gasteiger partial charge in [-0.05, 0) is 37.5 Å². The average Bonchev–Trinajstić information content (AvgIpc) is 2.00. The van der Waals surface area contributed by atoms with E-state index in [-0.39, 0.29) is 0 Å². The van der Waals surface area contributed by atoms with Gasteiger partial charge in [0.05, 0.1) is 0 Å². The van der Waals surface area contributed by atoms with Gasteiger partial charge >= 0.3 is 0 Å². The molecule has 1 aliphatic rings. The summed E-state index contributed by atoms with van der Waals surface area (Å²) in [5, 5.41) is 0. The van der Waals surface area contributed by atoms with Crippen LogP contribution >= 0.6 is 0 Å². The van der Waals surface area contributed by atoms with Crippen LogP contribution in [0.4, 0.5) is 0 Å². The molecule has 0 saturated heterocycles. The topological polar surface area (TPSA) is 0 Å². The van der Waals surface area contributed by atoms with Gasteiger partial charge in [-0.3, -0.25) is 0 Å². The Labute approximate surface area is 70.7 Å². The molecule has 2 unspecified atom stereocenters. The van der Waals surface area contributed by atoms with Crippen molar-refractivity contribution in [3.63, 3.8) is 0 Å². The van der Waals surface area contributed by atoms with Gasteiger partial charge in [0.15, 0.2) is 0 Å². The van der Waals surface area contributed by atoms with Crippen LogP contribution in [-0.2, 0) is 0 Å². The Morgan fingerprint density at radius 2 is 2.27 bits per heavy atom. The highest BCUT2D eigenvalue weighted by Crippen LogP contribution is 2.43. The van der Waals surface area contributed by atoms with Gasteiger partial charge in [0, 0.05) is 0 Å². The molecule has 0 spiro atoms. The minimum absolute atomic E-state index is 0.498. The van der Waals surface area contributed by atoms with E-state index in [2.05, 4.69) is 33.8 Å². The lowest BCUT2D eigenvalue weighted by Crippen LogP contribution is -2.28. The van der Waals surface area contributed by atoms with Crippen LogP contribution < -0.4 is 0 Å². The van der Waals surface area contributed by atoms with Crippen molar-refractivity contribution in [2.24, 2.45) is 11.3 Å². The van der Waals surface area contributed by atoms with Crippen molar-refractivity contribution in [3.05, 3.63) is 11.6 Å². The quantitative estimate of drug-likeness (QED) is 0.502. The molecular weight excluding hydrogens is 132 g/mol. The molecule has 11 heavy (non-hydrogen) atoms. The molecule has 0 N–H and O–H groups in total. The highest BCUT2D eigenvalue weighted by Gasteiger charge is 2.32. The minimum atomic E-state index is 0.498. The molecule has 64 valence electrons. The fourth-order valence-electron chi connectivity index (χ4n) is 2.12. The molecule has 1 rings (SSSR count). The minimum Gasteiger partial charge on any atom is -0.0850 e.